The molecule has 0 aromatic heterocycles. The molecule has 8 nitrogen and oxygen atoms in total. The fourth-order valence-corrected chi connectivity index (χ4v) is 7.34. The first-order valence-electron chi connectivity index (χ1n) is 23.4. The van der Waals surface area contributed by atoms with Crippen LogP contribution in [0.25, 0.3) is 0 Å². The number of carbonyl (C=O) groups is 1. The van der Waals surface area contributed by atoms with Gasteiger partial charge in [-0.15, -0.1) is 0 Å². The van der Waals surface area contributed by atoms with E-state index < -0.39 is 20.0 Å². The Morgan fingerprint density at radius 2 is 0.982 bits per heavy atom. The lowest BCUT2D eigenvalue weighted by Gasteiger charge is -2.25. The van der Waals surface area contributed by atoms with Crippen molar-refractivity contribution in [2.75, 3.05) is 40.9 Å². The van der Waals surface area contributed by atoms with Crippen LogP contribution in [-0.4, -0.2) is 73.4 Å². The molecule has 0 radical (unpaired) electrons. The molecule has 0 aliphatic carbocycles. The summed E-state index contributed by atoms with van der Waals surface area (Å²) in [5.41, 5.74) is 0. The highest BCUT2D eigenvalue weighted by molar-refractivity contribution is 7.47. The lowest BCUT2D eigenvalue weighted by atomic mass is 10.0. The number of quaternary nitrogens is 1. The SMILES string of the molecule is CCCCCCCCC/C=C/CC/C=C/CC/C=C/C(O)C(COP(=O)(O)OCC[N+](C)(C)C)NC(=O)CCCCCCCCCCCCCCCCCCC. The number of allylic oxidation sites excluding steroid dienone is 5. The zero-order chi connectivity index (χ0) is 41.4. The summed E-state index contributed by atoms with van der Waals surface area (Å²) < 4.78 is 23.6. The van der Waals surface area contributed by atoms with Crippen LogP contribution in [0.3, 0.4) is 0 Å². The van der Waals surface area contributed by atoms with E-state index in [1.54, 1.807) is 6.08 Å². The van der Waals surface area contributed by atoms with Gasteiger partial charge in [0.25, 0.3) is 0 Å². The van der Waals surface area contributed by atoms with E-state index in [9.17, 15) is 19.4 Å². The zero-order valence-electron chi connectivity index (χ0n) is 37.4. The molecule has 3 atom stereocenters. The van der Waals surface area contributed by atoms with Crippen molar-refractivity contribution in [2.45, 2.75) is 219 Å². The molecule has 0 aliphatic rings. The number of carbonyl (C=O) groups excluding carboxylic acids is 1. The molecule has 330 valence electrons. The average molecular weight is 812 g/mol. The molecule has 1 amide bonds. The summed E-state index contributed by atoms with van der Waals surface area (Å²) in [4.78, 5) is 23.1. The van der Waals surface area contributed by atoms with Gasteiger partial charge in [0.2, 0.25) is 5.91 Å². The number of likely N-dealkylation sites (N-methyl/N-ethyl adjacent to an activating group) is 1. The number of nitrogens with zero attached hydrogens (tertiary/aromatic N) is 1. The van der Waals surface area contributed by atoms with Crippen molar-refractivity contribution < 1.29 is 32.9 Å². The van der Waals surface area contributed by atoms with Crippen LogP contribution in [-0.2, 0) is 18.4 Å². The first kappa shape index (κ1) is 54.7. The third-order valence-electron chi connectivity index (χ3n) is 10.3. The molecule has 56 heavy (non-hydrogen) atoms. The smallest absolute Gasteiger partial charge is 0.387 e. The van der Waals surface area contributed by atoms with Crippen molar-refractivity contribution in [1.82, 2.24) is 5.32 Å². The Labute approximate surface area is 347 Å². The molecule has 3 N–H and O–H groups in total. The fourth-order valence-electron chi connectivity index (χ4n) is 6.60. The van der Waals surface area contributed by atoms with E-state index in [1.165, 1.54) is 141 Å². The predicted octanol–water partition coefficient (Wildman–Crippen LogP) is 13.1. The Morgan fingerprint density at radius 3 is 1.43 bits per heavy atom. The summed E-state index contributed by atoms with van der Waals surface area (Å²) in [7, 11) is 1.55. The Kier molecular flexibility index (Phi) is 38.3. The highest BCUT2D eigenvalue weighted by Gasteiger charge is 2.27. The summed E-state index contributed by atoms with van der Waals surface area (Å²) in [5.74, 6) is -0.190. The minimum Gasteiger partial charge on any atom is -0.387 e. The molecule has 3 unspecified atom stereocenters. The number of hydrogen-bond donors (Lipinski definition) is 3. The second-order valence-electron chi connectivity index (χ2n) is 17.1. The number of rotatable bonds is 42. The lowest BCUT2D eigenvalue weighted by molar-refractivity contribution is -0.870. The van der Waals surface area contributed by atoms with Crippen molar-refractivity contribution in [2.24, 2.45) is 0 Å². The van der Waals surface area contributed by atoms with Gasteiger partial charge in [-0.1, -0.05) is 192 Å². The summed E-state index contributed by atoms with van der Waals surface area (Å²) in [5, 5.41) is 13.8. The highest BCUT2D eigenvalue weighted by Crippen LogP contribution is 2.43. The van der Waals surface area contributed by atoms with E-state index in [0.29, 0.717) is 17.4 Å². The number of phosphoric ester groups is 1. The van der Waals surface area contributed by atoms with Gasteiger partial charge in [-0.3, -0.25) is 13.8 Å². The monoisotopic (exact) mass is 812 g/mol. The molecular weight excluding hydrogens is 719 g/mol. The van der Waals surface area contributed by atoms with Crippen LogP contribution in [0.15, 0.2) is 36.5 Å². The third-order valence-corrected chi connectivity index (χ3v) is 11.3. The molecule has 0 aromatic rings. The van der Waals surface area contributed by atoms with E-state index in [2.05, 4.69) is 43.5 Å². The normalized spacial score (nSPS) is 14.6. The van der Waals surface area contributed by atoms with E-state index in [4.69, 9.17) is 9.05 Å². The molecule has 0 heterocycles. The van der Waals surface area contributed by atoms with Gasteiger partial charge in [-0.2, -0.15) is 0 Å². The summed E-state index contributed by atoms with van der Waals surface area (Å²) >= 11 is 0. The molecule has 0 aromatic carbocycles. The van der Waals surface area contributed by atoms with Gasteiger partial charge in [0.15, 0.2) is 0 Å². The quantitative estimate of drug-likeness (QED) is 0.0245. The van der Waals surface area contributed by atoms with Crippen LogP contribution in [0.4, 0.5) is 0 Å². The lowest BCUT2D eigenvalue weighted by Crippen LogP contribution is -2.45. The minimum atomic E-state index is -4.35. The minimum absolute atomic E-state index is 0.0547. The topological polar surface area (TPSA) is 105 Å². The number of aliphatic hydroxyl groups is 1. The zero-order valence-corrected chi connectivity index (χ0v) is 38.3. The number of unbranched alkanes of at least 4 members (excludes halogenated alkanes) is 25. The molecule has 0 bridgehead atoms. The first-order valence-corrected chi connectivity index (χ1v) is 24.9. The molecule has 0 saturated carbocycles. The number of phosphoric acid groups is 1. The average Bonchev–Trinajstić information content (AvgIpc) is 3.15. The Morgan fingerprint density at radius 1 is 0.589 bits per heavy atom. The third kappa shape index (κ3) is 40.9. The van der Waals surface area contributed by atoms with Gasteiger partial charge in [0, 0.05) is 6.42 Å². The second-order valence-corrected chi connectivity index (χ2v) is 18.6. The maximum Gasteiger partial charge on any atom is 0.472 e. The van der Waals surface area contributed by atoms with Crippen LogP contribution >= 0.6 is 7.82 Å². The van der Waals surface area contributed by atoms with Crippen molar-refractivity contribution >= 4 is 13.7 Å². The van der Waals surface area contributed by atoms with Gasteiger partial charge >= 0.3 is 7.82 Å². The number of hydrogen-bond acceptors (Lipinski definition) is 5. The van der Waals surface area contributed by atoms with Crippen LogP contribution in [0, 0.1) is 0 Å². The van der Waals surface area contributed by atoms with Gasteiger partial charge in [0.1, 0.15) is 13.2 Å². The number of amides is 1. The molecular formula is C47H92N2O6P+. The van der Waals surface area contributed by atoms with Crippen LogP contribution in [0.1, 0.15) is 206 Å². The van der Waals surface area contributed by atoms with Crippen LogP contribution < -0.4 is 5.32 Å². The van der Waals surface area contributed by atoms with E-state index >= 15 is 0 Å². The number of nitrogens with one attached hydrogen (secondary N) is 1. The van der Waals surface area contributed by atoms with Gasteiger partial charge in [-0.05, 0) is 44.9 Å². The van der Waals surface area contributed by atoms with Crippen LogP contribution in [0.2, 0.25) is 0 Å². The molecule has 0 aliphatic heterocycles. The maximum atomic E-state index is 12.9. The van der Waals surface area contributed by atoms with Gasteiger partial charge < -0.3 is 19.8 Å². The van der Waals surface area contributed by atoms with Crippen molar-refractivity contribution in [3.63, 3.8) is 0 Å². The van der Waals surface area contributed by atoms with E-state index in [1.807, 2.05) is 27.2 Å². The Bertz CT molecular complexity index is 1010. The van der Waals surface area contributed by atoms with E-state index in [-0.39, 0.29) is 19.1 Å². The standard InChI is InChI=1S/C47H91N2O6P/c1-6-8-10-12-14-16-18-20-22-24-26-28-30-32-34-36-38-40-46(50)45(44-55-56(52,53)54-43-42-49(3,4)5)48-47(51)41-39-37-35-33-31-29-27-25-23-21-19-17-15-13-11-9-7-2/h22,24,30,32,38,40,45-46,50H,6-21,23,25-29,31,33-37,39,41-44H2,1-5H3,(H-,48,51,52,53)/p+1/b24-22+,32-30+,40-38+. The summed E-state index contributed by atoms with van der Waals surface area (Å²) in [6, 6.07) is -0.865. The highest BCUT2D eigenvalue weighted by atomic mass is 31.2. The molecule has 0 spiro atoms. The maximum absolute atomic E-state index is 12.9. The molecule has 0 saturated heterocycles. The summed E-state index contributed by atoms with van der Waals surface area (Å²) in [6.45, 7) is 4.79. The van der Waals surface area contributed by atoms with Crippen molar-refractivity contribution in [3.05, 3.63) is 36.5 Å². The molecule has 9 heteroatoms. The van der Waals surface area contributed by atoms with E-state index in [0.717, 1.165) is 44.9 Å². The molecule has 0 fully saturated rings. The fraction of sp³-hybridized carbons (Fsp3) is 0.851. The molecule has 0 rings (SSSR count). The van der Waals surface area contributed by atoms with Crippen molar-refractivity contribution in [3.8, 4) is 0 Å². The number of aliphatic hydroxyl groups excluding tert-OH is 1. The van der Waals surface area contributed by atoms with Crippen LogP contribution in [0.5, 0.6) is 0 Å². The second kappa shape index (κ2) is 39.2. The Hall–Kier alpha value is -1.28. The predicted molar refractivity (Wildman–Crippen MR) is 240 cm³/mol. The van der Waals surface area contributed by atoms with Crippen molar-refractivity contribution in [1.29, 1.82) is 0 Å². The van der Waals surface area contributed by atoms with Gasteiger partial charge in [-0.25, -0.2) is 4.57 Å². The summed E-state index contributed by atoms with van der Waals surface area (Å²) in [6.07, 6.45) is 47.9. The largest absolute Gasteiger partial charge is 0.472 e. The first-order chi connectivity index (χ1) is 27.0. The Balaban J connectivity index is 4.45. The van der Waals surface area contributed by atoms with Gasteiger partial charge in [0.05, 0.1) is 39.9 Å².